The van der Waals surface area contributed by atoms with Crippen LogP contribution in [0.25, 0.3) is 0 Å². The highest BCUT2D eigenvalue weighted by Gasteiger charge is 2.05. The average molecular weight is 121 g/mol. The molecule has 0 aromatic carbocycles. The number of amides is 1. The topological polar surface area (TPSA) is 92.1 Å². The molecule has 0 aromatic rings. The van der Waals surface area contributed by atoms with Gasteiger partial charge in [0.05, 0.1) is 0 Å². The highest BCUT2D eigenvalue weighted by atomic mass is 16.1. The van der Waals surface area contributed by atoms with Gasteiger partial charge in [-0.15, -0.1) is 0 Å². The molecular formula is C4H11NO3. The third-order valence-corrected chi connectivity index (χ3v) is 0.903. The summed E-state index contributed by atoms with van der Waals surface area (Å²) in [7, 11) is 0. The molecule has 4 heteroatoms. The van der Waals surface area contributed by atoms with E-state index in [1.165, 1.54) is 0 Å². The lowest BCUT2D eigenvalue weighted by Gasteiger charge is -1.80. The minimum atomic E-state index is 0. The zero-order valence-electron chi connectivity index (χ0n) is 4.53. The lowest BCUT2D eigenvalue weighted by Crippen LogP contribution is -2.12. The molecule has 0 atom stereocenters. The van der Waals surface area contributed by atoms with E-state index in [9.17, 15) is 4.79 Å². The molecule has 8 heavy (non-hydrogen) atoms. The Morgan fingerprint density at radius 1 is 1.38 bits per heavy atom. The molecule has 0 unspecified atom stereocenters. The molecule has 0 aromatic heterocycles. The van der Waals surface area contributed by atoms with E-state index in [0.29, 0.717) is 0 Å². The van der Waals surface area contributed by atoms with Crippen LogP contribution in [0, 0.1) is 0 Å². The van der Waals surface area contributed by atoms with Gasteiger partial charge < -0.3 is 16.3 Å². The van der Waals surface area contributed by atoms with Crippen molar-refractivity contribution in [3.63, 3.8) is 0 Å². The van der Waals surface area contributed by atoms with E-state index in [1.807, 2.05) is 0 Å². The van der Waals surface area contributed by atoms with Crippen LogP contribution in [0.15, 0.2) is 0 Å². The van der Waals surface area contributed by atoms with E-state index in [4.69, 9.17) is 0 Å². The highest BCUT2D eigenvalue weighted by Crippen LogP contribution is 1.93. The fraction of sp³-hybridized carbons (Fsp3) is 0.750. The van der Waals surface area contributed by atoms with Gasteiger partial charge in [-0.05, 0) is 6.42 Å². The lowest BCUT2D eigenvalue weighted by molar-refractivity contribution is -0.119. The van der Waals surface area contributed by atoms with Gasteiger partial charge in [0.15, 0.2) is 0 Å². The van der Waals surface area contributed by atoms with Crippen molar-refractivity contribution in [3.8, 4) is 0 Å². The number of carbonyl (C=O) groups is 1. The van der Waals surface area contributed by atoms with Crippen LogP contribution >= 0.6 is 0 Å². The molecule has 5 N–H and O–H groups in total. The summed E-state index contributed by atoms with van der Waals surface area (Å²) in [5.74, 6) is 0.204. The Kier molecular flexibility index (Phi) is 5.90. The van der Waals surface area contributed by atoms with Crippen LogP contribution in [0.5, 0.6) is 0 Å². The van der Waals surface area contributed by atoms with Gasteiger partial charge in [-0.25, -0.2) is 0 Å². The molecule has 0 bridgehead atoms. The van der Waals surface area contributed by atoms with Crippen LogP contribution in [0.2, 0.25) is 0 Å². The Labute approximate surface area is 47.5 Å². The molecule has 0 aliphatic carbocycles. The van der Waals surface area contributed by atoms with Crippen LogP contribution in [-0.4, -0.2) is 23.4 Å². The molecule has 1 rings (SSSR count). The predicted octanol–water partition coefficient (Wildman–Crippen LogP) is -1.75. The van der Waals surface area contributed by atoms with Gasteiger partial charge in [0.2, 0.25) is 5.91 Å². The standard InChI is InChI=1S/C4H7NO.2H2O/c6-4-2-1-3-5-4;;/h1-3H2,(H,5,6);2*1H2. The minimum absolute atomic E-state index is 0. The first-order valence-electron chi connectivity index (χ1n) is 2.16. The van der Waals surface area contributed by atoms with Gasteiger partial charge in [-0.2, -0.15) is 0 Å². The fourth-order valence-electron chi connectivity index (χ4n) is 0.565. The summed E-state index contributed by atoms with van der Waals surface area (Å²) in [5, 5.41) is 2.68. The number of hydrogen-bond acceptors (Lipinski definition) is 1. The molecule has 1 amide bonds. The third-order valence-electron chi connectivity index (χ3n) is 0.903. The Morgan fingerprint density at radius 2 is 2.00 bits per heavy atom. The largest absolute Gasteiger partial charge is 0.412 e. The second-order valence-corrected chi connectivity index (χ2v) is 1.45. The highest BCUT2D eigenvalue weighted by molar-refractivity contribution is 5.77. The van der Waals surface area contributed by atoms with Crippen LogP contribution in [0.1, 0.15) is 12.8 Å². The molecule has 0 spiro atoms. The summed E-state index contributed by atoms with van der Waals surface area (Å²) < 4.78 is 0. The number of rotatable bonds is 0. The molecule has 0 saturated carbocycles. The van der Waals surface area contributed by atoms with E-state index in [0.717, 1.165) is 19.4 Å². The minimum Gasteiger partial charge on any atom is -0.412 e. The SMILES string of the molecule is O.O.O=C1CCCN1. The molecule has 50 valence electrons. The maximum Gasteiger partial charge on any atom is 0.220 e. The summed E-state index contributed by atoms with van der Waals surface area (Å²) in [6.07, 6.45) is 1.76. The number of nitrogens with one attached hydrogen (secondary N) is 1. The molecule has 0 radical (unpaired) electrons. The van der Waals surface area contributed by atoms with Crippen molar-refractivity contribution in [2.45, 2.75) is 12.8 Å². The van der Waals surface area contributed by atoms with Gasteiger partial charge in [-0.3, -0.25) is 4.79 Å². The summed E-state index contributed by atoms with van der Waals surface area (Å²) in [6, 6.07) is 0. The smallest absolute Gasteiger partial charge is 0.220 e. The zero-order chi connectivity index (χ0) is 4.41. The van der Waals surface area contributed by atoms with E-state index >= 15 is 0 Å². The molecule has 1 aliphatic rings. The van der Waals surface area contributed by atoms with Gasteiger partial charge in [-0.1, -0.05) is 0 Å². The second-order valence-electron chi connectivity index (χ2n) is 1.45. The van der Waals surface area contributed by atoms with E-state index in [2.05, 4.69) is 5.32 Å². The van der Waals surface area contributed by atoms with Crippen molar-refractivity contribution in [1.29, 1.82) is 0 Å². The van der Waals surface area contributed by atoms with Crippen LogP contribution in [0.4, 0.5) is 0 Å². The van der Waals surface area contributed by atoms with E-state index in [-0.39, 0.29) is 16.9 Å². The monoisotopic (exact) mass is 121 g/mol. The summed E-state index contributed by atoms with van der Waals surface area (Å²) in [4.78, 5) is 10.1. The van der Waals surface area contributed by atoms with Crippen molar-refractivity contribution < 1.29 is 15.7 Å². The van der Waals surface area contributed by atoms with E-state index < -0.39 is 0 Å². The summed E-state index contributed by atoms with van der Waals surface area (Å²) in [5.41, 5.74) is 0. The first-order valence-corrected chi connectivity index (χ1v) is 2.16. The van der Waals surface area contributed by atoms with Gasteiger partial charge >= 0.3 is 0 Å². The predicted molar refractivity (Wildman–Crippen MR) is 29.5 cm³/mol. The van der Waals surface area contributed by atoms with Crippen LogP contribution in [0.3, 0.4) is 0 Å². The summed E-state index contributed by atoms with van der Waals surface area (Å²) >= 11 is 0. The summed E-state index contributed by atoms with van der Waals surface area (Å²) in [6.45, 7) is 0.888. The van der Waals surface area contributed by atoms with Crippen molar-refractivity contribution >= 4 is 5.91 Å². The molecule has 1 fully saturated rings. The van der Waals surface area contributed by atoms with Crippen LogP contribution < -0.4 is 5.32 Å². The average Bonchev–Trinajstić information content (AvgIpc) is 1.86. The Balaban J connectivity index is 0. The Bertz CT molecular complexity index is 65.7. The van der Waals surface area contributed by atoms with Crippen molar-refractivity contribution in [2.75, 3.05) is 6.54 Å². The first kappa shape index (κ1) is 10.4. The van der Waals surface area contributed by atoms with Gasteiger partial charge in [0.1, 0.15) is 0 Å². The maximum atomic E-state index is 10.1. The van der Waals surface area contributed by atoms with Crippen molar-refractivity contribution in [1.82, 2.24) is 5.32 Å². The quantitative estimate of drug-likeness (QED) is 0.404. The first-order chi connectivity index (χ1) is 2.89. The Morgan fingerprint density at radius 3 is 2.12 bits per heavy atom. The molecule has 1 heterocycles. The second kappa shape index (κ2) is 4.55. The fourth-order valence-corrected chi connectivity index (χ4v) is 0.565. The van der Waals surface area contributed by atoms with Gasteiger partial charge in [0.25, 0.3) is 0 Å². The normalized spacial score (nSPS) is 15.8. The van der Waals surface area contributed by atoms with Crippen LogP contribution in [-0.2, 0) is 4.79 Å². The van der Waals surface area contributed by atoms with Crippen molar-refractivity contribution in [2.24, 2.45) is 0 Å². The molecule has 1 aliphatic heterocycles. The Hall–Kier alpha value is -0.610. The molecule has 4 nitrogen and oxygen atoms in total. The van der Waals surface area contributed by atoms with Crippen molar-refractivity contribution in [3.05, 3.63) is 0 Å². The van der Waals surface area contributed by atoms with E-state index in [1.54, 1.807) is 0 Å². The number of carbonyl (C=O) groups excluding carboxylic acids is 1. The maximum absolute atomic E-state index is 10.1. The van der Waals surface area contributed by atoms with Gasteiger partial charge in [0, 0.05) is 13.0 Å². The lowest BCUT2D eigenvalue weighted by atomic mass is 10.4. The zero-order valence-corrected chi connectivity index (χ0v) is 4.53. The number of hydrogen-bond donors (Lipinski definition) is 1. The third kappa shape index (κ3) is 2.54. The molecular weight excluding hydrogens is 110 g/mol. The molecule has 1 saturated heterocycles.